The van der Waals surface area contributed by atoms with Gasteiger partial charge in [0.15, 0.2) is 0 Å². The van der Waals surface area contributed by atoms with E-state index in [1.165, 1.54) is 12.8 Å². The van der Waals surface area contributed by atoms with Gasteiger partial charge in [-0.05, 0) is 43.9 Å². The molecule has 1 aromatic heterocycles. The molecule has 5 heteroatoms. The number of fused-ring (bicyclic) bond motifs is 1. The van der Waals surface area contributed by atoms with Crippen molar-refractivity contribution in [3.63, 3.8) is 0 Å². The summed E-state index contributed by atoms with van der Waals surface area (Å²) in [5.74, 6) is 0.701. The Kier molecular flexibility index (Phi) is 3.60. The minimum absolute atomic E-state index is 0.0205. The van der Waals surface area contributed by atoms with Crippen molar-refractivity contribution in [3.8, 4) is 5.75 Å². The number of hydrogen-bond donors (Lipinski definition) is 0. The fraction of sp³-hybridized carbons (Fsp3) is 0.556. The Bertz CT molecular complexity index is 777. The lowest BCUT2D eigenvalue weighted by molar-refractivity contribution is -0.0915. The first-order valence-corrected chi connectivity index (χ1v) is 8.40. The summed E-state index contributed by atoms with van der Waals surface area (Å²) in [5, 5.41) is 5.98. The van der Waals surface area contributed by atoms with E-state index in [9.17, 15) is 4.79 Å². The summed E-state index contributed by atoms with van der Waals surface area (Å²) in [7, 11) is 1.61. The third-order valence-electron chi connectivity index (χ3n) is 5.35. The molecule has 1 unspecified atom stereocenters. The molecule has 5 nitrogen and oxygen atoms in total. The molecule has 1 atom stereocenters. The van der Waals surface area contributed by atoms with Gasteiger partial charge in [-0.1, -0.05) is 12.8 Å². The molecule has 4 rings (SSSR count). The fourth-order valence-corrected chi connectivity index (χ4v) is 4.10. The third-order valence-corrected chi connectivity index (χ3v) is 5.35. The standard InChI is InChI=1S/C18H22N2O3/c1-22-15-5-4-13-12-19-20(17(21)16(13)10-15)14-6-9-23-18(11-14)7-2-3-8-18/h4-5,10,12,14H,2-3,6-9,11H2,1H3. The van der Waals surface area contributed by atoms with Crippen LogP contribution in [-0.4, -0.2) is 29.1 Å². The molecular weight excluding hydrogens is 292 g/mol. The van der Waals surface area contributed by atoms with Crippen LogP contribution in [-0.2, 0) is 4.74 Å². The van der Waals surface area contributed by atoms with E-state index in [0.717, 1.165) is 37.7 Å². The number of benzene rings is 1. The van der Waals surface area contributed by atoms with Crippen molar-refractivity contribution in [2.24, 2.45) is 0 Å². The molecule has 23 heavy (non-hydrogen) atoms. The van der Waals surface area contributed by atoms with Crippen molar-refractivity contribution in [2.75, 3.05) is 13.7 Å². The summed E-state index contributed by atoms with van der Waals surface area (Å²) in [6.45, 7) is 0.717. The number of nitrogens with zero attached hydrogens (tertiary/aromatic N) is 2. The molecule has 1 aliphatic carbocycles. The molecule has 0 bridgehead atoms. The zero-order valence-electron chi connectivity index (χ0n) is 13.5. The number of methoxy groups -OCH3 is 1. The van der Waals surface area contributed by atoms with Gasteiger partial charge in [-0.2, -0.15) is 5.10 Å². The van der Waals surface area contributed by atoms with E-state index in [4.69, 9.17) is 9.47 Å². The Labute approximate surface area is 135 Å². The van der Waals surface area contributed by atoms with Crippen molar-refractivity contribution in [3.05, 3.63) is 34.7 Å². The van der Waals surface area contributed by atoms with Crippen LogP contribution in [0.4, 0.5) is 0 Å². The maximum absolute atomic E-state index is 12.9. The number of hydrogen-bond acceptors (Lipinski definition) is 4. The second-order valence-electron chi connectivity index (χ2n) is 6.73. The van der Waals surface area contributed by atoms with Crippen LogP contribution in [0.25, 0.3) is 10.8 Å². The SMILES string of the molecule is COc1ccc2cnn(C3CCOC4(CCCC4)C3)c(=O)c2c1. The van der Waals surface area contributed by atoms with Crippen LogP contribution >= 0.6 is 0 Å². The van der Waals surface area contributed by atoms with Gasteiger partial charge >= 0.3 is 0 Å². The minimum Gasteiger partial charge on any atom is -0.497 e. The van der Waals surface area contributed by atoms with E-state index in [-0.39, 0.29) is 17.2 Å². The Hall–Kier alpha value is -1.88. The fourth-order valence-electron chi connectivity index (χ4n) is 4.10. The Morgan fingerprint density at radius 1 is 1.35 bits per heavy atom. The van der Waals surface area contributed by atoms with Gasteiger partial charge in [-0.25, -0.2) is 4.68 Å². The largest absolute Gasteiger partial charge is 0.497 e. The molecule has 2 heterocycles. The van der Waals surface area contributed by atoms with Crippen molar-refractivity contribution in [2.45, 2.75) is 50.2 Å². The molecule has 2 fully saturated rings. The van der Waals surface area contributed by atoms with Gasteiger partial charge in [0.2, 0.25) is 0 Å². The molecule has 1 spiro atoms. The summed E-state index contributed by atoms with van der Waals surface area (Å²) in [6.07, 6.45) is 8.21. The van der Waals surface area contributed by atoms with Gasteiger partial charge in [0.05, 0.1) is 30.3 Å². The van der Waals surface area contributed by atoms with Crippen LogP contribution in [0.3, 0.4) is 0 Å². The predicted octanol–water partition coefficient (Wildman–Crippen LogP) is 3.07. The molecule has 0 amide bonds. The number of aromatic nitrogens is 2. The maximum atomic E-state index is 12.9. The van der Waals surface area contributed by atoms with Gasteiger partial charge in [0.25, 0.3) is 5.56 Å². The van der Waals surface area contributed by atoms with Crippen LogP contribution in [0, 0.1) is 0 Å². The second kappa shape index (κ2) is 5.64. The second-order valence-corrected chi connectivity index (χ2v) is 6.73. The van der Waals surface area contributed by atoms with E-state index in [0.29, 0.717) is 11.1 Å². The first kappa shape index (κ1) is 14.7. The zero-order chi connectivity index (χ0) is 15.9. The summed E-state index contributed by atoms with van der Waals surface area (Å²) >= 11 is 0. The van der Waals surface area contributed by atoms with E-state index in [1.807, 2.05) is 12.1 Å². The van der Waals surface area contributed by atoms with Crippen molar-refractivity contribution in [1.82, 2.24) is 9.78 Å². The molecule has 2 aliphatic rings. The average molecular weight is 314 g/mol. The number of rotatable bonds is 2. The lowest BCUT2D eigenvalue weighted by Gasteiger charge is -2.38. The topological polar surface area (TPSA) is 53.4 Å². The van der Waals surface area contributed by atoms with Crippen LogP contribution in [0.2, 0.25) is 0 Å². The highest BCUT2D eigenvalue weighted by atomic mass is 16.5. The first-order valence-electron chi connectivity index (χ1n) is 8.40. The van der Waals surface area contributed by atoms with Crippen LogP contribution < -0.4 is 10.3 Å². The quantitative estimate of drug-likeness (QED) is 0.855. The lowest BCUT2D eigenvalue weighted by Crippen LogP contribution is -2.41. The van der Waals surface area contributed by atoms with E-state index in [1.54, 1.807) is 24.1 Å². The predicted molar refractivity (Wildman–Crippen MR) is 88.0 cm³/mol. The summed E-state index contributed by atoms with van der Waals surface area (Å²) in [5.41, 5.74) is -0.0469. The Morgan fingerprint density at radius 2 is 2.17 bits per heavy atom. The van der Waals surface area contributed by atoms with Crippen LogP contribution in [0.5, 0.6) is 5.75 Å². The van der Waals surface area contributed by atoms with E-state index in [2.05, 4.69) is 5.10 Å². The highest BCUT2D eigenvalue weighted by Gasteiger charge is 2.41. The van der Waals surface area contributed by atoms with Gasteiger partial charge in [-0.3, -0.25) is 4.79 Å². The van der Waals surface area contributed by atoms with Gasteiger partial charge in [0, 0.05) is 12.0 Å². The molecule has 0 N–H and O–H groups in total. The highest BCUT2D eigenvalue weighted by molar-refractivity contribution is 5.82. The van der Waals surface area contributed by atoms with Crippen LogP contribution in [0.1, 0.15) is 44.6 Å². The Morgan fingerprint density at radius 3 is 2.96 bits per heavy atom. The van der Waals surface area contributed by atoms with Gasteiger partial charge in [0.1, 0.15) is 5.75 Å². The minimum atomic E-state index is -0.0264. The molecule has 1 aliphatic heterocycles. The molecule has 1 saturated heterocycles. The first-order chi connectivity index (χ1) is 11.2. The lowest BCUT2D eigenvalue weighted by atomic mass is 9.89. The molecule has 1 aromatic carbocycles. The normalized spacial score (nSPS) is 23.4. The zero-order valence-corrected chi connectivity index (χ0v) is 13.5. The van der Waals surface area contributed by atoms with Crippen molar-refractivity contribution in [1.29, 1.82) is 0 Å². The van der Waals surface area contributed by atoms with Gasteiger partial charge in [-0.15, -0.1) is 0 Å². The smallest absolute Gasteiger partial charge is 0.275 e. The van der Waals surface area contributed by atoms with Crippen molar-refractivity contribution >= 4 is 10.8 Å². The average Bonchev–Trinajstić information content (AvgIpc) is 3.02. The number of ether oxygens (including phenoxy) is 2. The molecule has 1 saturated carbocycles. The highest BCUT2D eigenvalue weighted by Crippen LogP contribution is 2.43. The maximum Gasteiger partial charge on any atom is 0.275 e. The molecule has 2 aromatic rings. The van der Waals surface area contributed by atoms with Gasteiger partial charge < -0.3 is 9.47 Å². The van der Waals surface area contributed by atoms with Crippen molar-refractivity contribution < 1.29 is 9.47 Å². The van der Waals surface area contributed by atoms with E-state index < -0.39 is 0 Å². The molecule has 122 valence electrons. The molecule has 0 radical (unpaired) electrons. The summed E-state index contributed by atoms with van der Waals surface area (Å²) in [4.78, 5) is 12.9. The monoisotopic (exact) mass is 314 g/mol. The Balaban J connectivity index is 1.73. The van der Waals surface area contributed by atoms with E-state index >= 15 is 0 Å². The summed E-state index contributed by atoms with van der Waals surface area (Å²) < 4.78 is 13.0. The third kappa shape index (κ3) is 2.53. The summed E-state index contributed by atoms with van der Waals surface area (Å²) in [6, 6.07) is 5.68. The molecular formula is C18H22N2O3. The van der Waals surface area contributed by atoms with Crippen LogP contribution in [0.15, 0.2) is 29.2 Å².